The van der Waals surface area contributed by atoms with Crippen LogP contribution in [0, 0.1) is 0 Å². The Labute approximate surface area is 156 Å². The normalized spacial score (nSPS) is 10.4. The second kappa shape index (κ2) is 7.55. The van der Waals surface area contributed by atoms with E-state index in [1.165, 1.54) is 6.20 Å². The van der Waals surface area contributed by atoms with E-state index in [0.717, 1.165) is 11.4 Å². The average molecular weight is 372 g/mol. The first-order chi connectivity index (χ1) is 12.0. The third-order valence-electron chi connectivity index (χ3n) is 3.70. The summed E-state index contributed by atoms with van der Waals surface area (Å²) in [5.74, 6) is -0.292. The van der Waals surface area contributed by atoms with E-state index in [1.807, 2.05) is 42.3 Å². The molecule has 126 valence electrons. The minimum Gasteiger partial charge on any atom is -0.343 e. The van der Waals surface area contributed by atoms with Crippen LogP contribution in [0.2, 0.25) is 10.0 Å². The van der Waals surface area contributed by atoms with Gasteiger partial charge < -0.3 is 10.2 Å². The molecule has 0 fully saturated rings. The van der Waals surface area contributed by atoms with Crippen LogP contribution in [0.4, 0.5) is 17.1 Å². The Kier molecular flexibility index (Phi) is 5.22. The summed E-state index contributed by atoms with van der Waals surface area (Å²) in [6.45, 7) is 0. The Bertz CT molecular complexity index is 900. The zero-order valence-electron chi connectivity index (χ0n) is 13.4. The molecule has 0 unspecified atom stereocenters. The summed E-state index contributed by atoms with van der Waals surface area (Å²) in [7, 11) is 1.92. The van der Waals surface area contributed by atoms with Crippen molar-refractivity contribution in [2.45, 2.75) is 0 Å². The highest BCUT2D eigenvalue weighted by molar-refractivity contribution is 6.36. The molecule has 0 spiro atoms. The van der Waals surface area contributed by atoms with Crippen molar-refractivity contribution >= 4 is 46.2 Å². The maximum atomic E-state index is 12.5. The Morgan fingerprint density at radius 3 is 2.48 bits per heavy atom. The summed E-state index contributed by atoms with van der Waals surface area (Å²) >= 11 is 12.0. The second-order valence-corrected chi connectivity index (χ2v) is 6.25. The molecule has 4 nitrogen and oxygen atoms in total. The molecule has 2 aromatic carbocycles. The van der Waals surface area contributed by atoms with Gasteiger partial charge in [-0.2, -0.15) is 0 Å². The summed E-state index contributed by atoms with van der Waals surface area (Å²) in [4.78, 5) is 18.6. The molecule has 0 saturated heterocycles. The molecule has 0 aliphatic heterocycles. The highest BCUT2D eigenvalue weighted by atomic mass is 35.5. The average Bonchev–Trinajstić information content (AvgIpc) is 2.64. The van der Waals surface area contributed by atoms with Crippen LogP contribution >= 0.6 is 23.2 Å². The fraction of sp³-hybridized carbons (Fsp3) is 0.0526. The number of carbonyl (C=O) groups excluding carboxylic acids is 1. The van der Waals surface area contributed by atoms with Crippen molar-refractivity contribution in [2.24, 2.45) is 0 Å². The predicted octanol–water partition coefficient (Wildman–Crippen LogP) is 5.41. The smallest absolute Gasteiger partial charge is 0.257 e. The lowest BCUT2D eigenvalue weighted by atomic mass is 10.2. The first-order valence-corrected chi connectivity index (χ1v) is 8.30. The van der Waals surface area contributed by atoms with Gasteiger partial charge in [0, 0.05) is 24.0 Å². The highest BCUT2D eigenvalue weighted by Crippen LogP contribution is 2.27. The van der Waals surface area contributed by atoms with E-state index in [2.05, 4.69) is 10.3 Å². The van der Waals surface area contributed by atoms with Gasteiger partial charge in [0.15, 0.2) is 0 Å². The predicted molar refractivity (Wildman–Crippen MR) is 103 cm³/mol. The number of halogens is 2. The Hall–Kier alpha value is -2.56. The number of benzene rings is 2. The monoisotopic (exact) mass is 371 g/mol. The fourth-order valence-corrected chi connectivity index (χ4v) is 2.78. The molecule has 1 amide bonds. The molecule has 0 aliphatic rings. The van der Waals surface area contributed by atoms with Crippen LogP contribution in [0.25, 0.3) is 0 Å². The molecule has 0 radical (unpaired) electrons. The van der Waals surface area contributed by atoms with Gasteiger partial charge in [0.05, 0.1) is 28.2 Å². The molecule has 1 heterocycles. The first kappa shape index (κ1) is 17.3. The summed E-state index contributed by atoms with van der Waals surface area (Å²) in [6, 6.07) is 16.5. The van der Waals surface area contributed by atoms with E-state index in [9.17, 15) is 4.79 Å². The van der Waals surface area contributed by atoms with Gasteiger partial charge in [-0.1, -0.05) is 41.4 Å². The Balaban J connectivity index is 1.82. The molecule has 25 heavy (non-hydrogen) atoms. The third-order valence-corrected chi connectivity index (χ3v) is 4.24. The van der Waals surface area contributed by atoms with E-state index in [1.54, 1.807) is 30.5 Å². The molecule has 1 N–H and O–H groups in total. The van der Waals surface area contributed by atoms with Crippen molar-refractivity contribution in [2.75, 3.05) is 17.3 Å². The van der Waals surface area contributed by atoms with E-state index >= 15 is 0 Å². The molecule has 1 aromatic heterocycles. The lowest BCUT2D eigenvalue weighted by Crippen LogP contribution is -2.15. The summed E-state index contributed by atoms with van der Waals surface area (Å²) in [5.41, 5.74) is 2.74. The van der Waals surface area contributed by atoms with Crippen LogP contribution in [0.5, 0.6) is 0 Å². The number of amides is 1. The standard InChI is InChI=1S/C19H15Cl2N3O/c1-24(15-5-3-2-4-6-15)16-9-13(11-22-12-16)19(25)23-18-8-7-14(20)10-17(18)21/h2-12H,1H3,(H,23,25). The van der Waals surface area contributed by atoms with Crippen LogP contribution in [0.1, 0.15) is 10.4 Å². The van der Waals surface area contributed by atoms with Crippen molar-refractivity contribution < 1.29 is 4.79 Å². The lowest BCUT2D eigenvalue weighted by Gasteiger charge is -2.19. The molecular formula is C19H15Cl2N3O. The van der Waals surface area contributed by atoms with Gasteiger partial charge in [-0.25, -0.2) is 0 Å². The van der Waals surface area contributed by atoms with Gasteiger partial charge in [0.1, 0.15) is 0 Å². The van der Waals surface area contributed by atoms with Gasteiger partial charge in [-0.05, 0) is 36.4 Å². The molecule has 0 saturated carbocycles. The Morgan fingerprint density at radius 2 is 1.76 bits per heavy atom. The SMILES string of the molecule is CN(c1ccccc1)c1cncc(C(=O)Nc2ccc(Cl)cc2Cl)c1. The fourth-order valence-electron chi connectivity index (χ4n) is 2.32. The van der Waals surface area contributed by atoms with Gasteiger partial charge in [0.2, 0.25) is 0 Å². The number of carbonyl (C=O) groups is 1. The first-order valence-electron chi connectivity index (χ1n) is 7.55. The molecule has 6 heteroatoms. The zero-order chi connectivity index (χ0) is 17.8. The quantitative estimate of drug-likeness (QED) is 0.666. The molecule has 0 aliphatic carbocycles. The molecule has 0 bridgehead atoms. The minimum absolute atomic E-state index is 0.292. The second-order valence-electron chi connectivity index (χ2n) is 5.40. The number of nitrogens with zero attached hydrogens (tertiary/aromatic N) is 2. The van der Waals surface area contributed by atoms with Crippen molar-refractivity contribution in [3.05, 3.63) is 82.6 Å². The van der Waals surface area contributed by atoms with Crippen molar-refractivity contribution in [3.63, 3.8) is 0 Å². The van der Waals surface area contributed by atoms with Gasteiger partial charge in [-0.15, -0.1) is 0 Å². The van der Waals surface area contributed by atoms with Crippen molar-refractivity contribution in [1.82, 2.24) is 4.98 Å². The van der Waals surface area contributed by atoms with Crippen molar-refractivity contribution in [3.8, 4) is 0 Å². The number of pyridine rings is 1. The number of hydrogen-bond donors (Lipinski definition) is 1. The maximum Gasteiger partial charge on any atom is 0.257 e. The summed E-state index contributed by atoms with van der Waals surface area (Å²) in [6.07, 6.45) is 3.22. The number of anilines is 3. The molecule has 3 rings (SSSR count). The van der Waals surface area contributed by atoms with Gasteiger partial charge in [-0.3, -0.25) is 9.78 Å². The Morgan fingerprint density at radius 1 is 1.00 bits per heavy atom. The largest absolute Gasteiger partial charge is 0.343 e. The number of nitrogens with one attached hydrogen (secondary N) is 1. The number of aromatic nitrogens is 1. The topological polar surface area (TPSA) is 45.2 Å². The lowest BCUT2D eigenvalue weighted by molar-refractivity contribution is 0.102. The molecule has 3 aromatic rings. The summed E-state index contributed by atoms with van der Waals surface area (Å²) in [5, 5.41) is 3.66. The van der Waals surface area contributed by atoms with Crippen molar-refractivity contribution in [1.29, 1.82) is 0 Å². The molecular weight excluding hydrogens is 357 g/mol. The minimum atomic E-state index is -0.292. The van der Waals surface area contributed by atoms with Gasteiger partial charge in [0.25, 0.3) is 5.91 Å². The van der Waals surface area contributed by atoms with Crippen LogP contribution in [-0.4, -0.2) is 17.9 Å². The van der Waals surface area contributed by atoms with Crippen LogP contribution in [-0.2, 0) is 0 Å². The van der Waals surface area contributed by atoms with E-state index < -0.39 is 0 Å². The third kappa shape index (κ3) is 4.10. The maximum absolute atomic E-state index is 12.5. The van der Waals surface area contributed by atoms with E-state index in [0.29, 0.717) is 21.3 Å². The van der Waals surface area contributed by atoms with E-state index in [4.69, 9.17) is 23.2 Å². The van der Waals surface area contributed by atoms with E-state index in [-0.39, 0.29) is 5.91 Å². The van der Waals surface area contributed by atoms with Crippen LogP contribution in [0.15, 0.2) is 67.0 Å². The van der Waals surface area contributed by atoms with Crippen LogP contribution in [0.3, 0.4) is 0 Å². The number of rotatable bonds is 4. The van der Waals surface area contributed by atoms with Gasteiger partial charge >= 0.3 is 0 Å². The zero-order valence-corrected chi connectivity index (χ0v) is 14.9. The number of para-hydroxylation sites is 1. The van der Waals surface area contributed by atoms with Crippen LogP contribution < -0.4 is 10.2 Å². The molecule has 0 atom stereocenters. The number of hydrogen-bond acceptors (Lipinski definition) is 3. The summed E-state index contributed by atoms with van der Waals surface area (Å²) < 4.78 is 0. The highest BCUT2D eigenvalue weighted by Gasteiger charge is 2.12.